The van der Waals surface area contributed by atoms with E-state index in [1.54, 1.807) is 24.5 Å². The van der Waals surface area contributed by atoms with Crippen LogP contribution < -0.4 is 0 Å². The van der Waals surface area contributed by atoms with Crippen molar-refractivity contribution in [3.8, 4) is 0 Å². The number of benzene rings is 2. The van der Waals surface area contributed by atoms with Gasteiger partial charge in [-0.2, -0.15) is 0 Å². The van der Waals surface area contributed by atoms with E-state index >= 15 is 0 Å². The summed E-state index contributed by atoms with van der Waals surface area (Å²) in [6.07, 6.45) is 3.18. The second-order valence-corrected chi connectivity index (χ2v) is 6.90. The molecule has 5 heteroatoms. The smallest absolute Gasteiger partial charge is 0.126 e. The van der Waals surface area contributed by atoms with Crippen LogP contribution >= 0.6 is 23.2 Å². The molecule has 2 aromatic carbocycles. The van der Waals surface area contributed by atoms with Gasteiger partial charge in [0.05, 0.1) is 5.92 Å². The van der Waals surface area contributed by atoms with Gasteiger partial charge in [-0.25, -0.2) is 4.39 Å². The lowest BCUT2D eigenvalue weighted by Gasteiger charge is -2.38. The maximum Gasteiger partial charge on any atom is 0.126 e. The first-order chi connectivity index (χ1) is 12.0. The molecule has 0 saturated carbocycles. The summed E-state index contributed by atoms with van der Waals surface area (Å²) < 4.78 is 13.4. The number of nitrogens with zero attached hydrogens (tertiary/aromatic N) is 1. The standard InChI is InChI=1S/C20H16Cl2FNO/c21-19(22)18(14-5-2-1-3-6-14)20(25,16-7-4-12-24-13-16)15-8-10-17(23)11-9-15/h1-13,18-19,25H. The molecular weight excluding hydrogens is 360 g/mol. The third-order valence-electron chi connectivity index (χ3n) is 4.25. The summed E-state index contributed by atoms with van der Waals surface area (Å²) in [4.78, 5) is 3.20. The average molecular weight is 376 g/mol. The Morgan fingerprint density at radius 1 is 0.880 bits per heavy atom. The molecule has 3 aromatic rings. The highest BCUT2D eigenvalue weighted by atomic mass is 35.5. The van der Waals surface area contributed by atoms with Gasteiger partial charge in [-0.1, -0.05) is 48.5 Å². The van der Waals surface area contributed by atoms with E-state index in [1.807, 2.05) is 30.3 Å². The first kappa shape index (κ1) is 17.9. The zero-order valence-corrected chi connectivity index (χ0v) is 14.7. The van der Waals surface area contributed by atoms with Crippen molar-refractivity contribution >= 4 is 23.2 Å². The van der Waals surface area contributed by atoms with Crippen molar-refractivity contribution < 1.29 is 9.50 Å². The largest absolute Gasteiger partial charge is 0.380 e. The molecule has 0 fully saturated rings. The highest BCUT2D eigenvalue weighted by molar-refractivity contribution is 6.44. The van der Waals surface area contributed by atoms with Crippen LogP contribution in [0.15, 0.2) is 79.1 Å². The van der Waals surface area contributed by atoms with Crippen LogP contribution in [0.3, 0.4) is 0 Å². The predicted molar refractivity (Wildman–Crippen MR) is 98.3 cm³/mol. The molecule has 2 nitrogen and oxygen atoms in total. The molecule has 0 aliphatic rings. The summed E-state index contributed by atoms with van der Waals surface area (Å²) in [7, 11) is 0. The van der Waals surface area contributed by atoms with E-state index in [9.17, 15) is 9.50 Å². The summed E-state index contributed by atoms with van der Waals surface area (Å²) >= 11 is 12.6. The minimum absolute atomic E-state index is 0.387. The minimum atomic E-state index is -1.57. The SMILES string of the molecule is OC(c1ccc(F)cc1)(c1cccnc1)C(c1ccccc1)C(Cl)Cl. The summed E-state index contributed by atoms with van der Waals surface area (Å²) in [6.45, 7) is 0. The lowest BCUT2D eigenvalue weighted by molar-refractivity contribution is 0.0532. The number of hydrogen-bond donors (Lipinski definition) is 1. The van der Waals surface area contributed by atoms with Crippen molar-refractivity contribution in [3.05, 3.63) is 102 Å². The van der Waals surface area contributed by atoms with Gasteiger partial charge in [0.1, 0.15) is 16.3 Å². The number of aromatic nitrogens is 1. The molecule has 0 spiro atoms. The molecule has 0 saturated heterocycles. The average Bonchev–Trinajstić information content (AvgIpc) is 2.63. The molecule has 3 rings (SSSR count). The number of aliphatic hydroxyl groups is 1. The van der Waals surface area contributed by atoms with Gasteiger partial charge in [0.2, 0.25) is 0 Å². The molecule has 1 N–H and O–H groups in total. The quantitative estimate of drug-likeness (QED) is 0.633. The highest BCUT2D eigenvalue weighted by Gasteiger charge is 2.44. The number of halogens is 3. The Labute approximate surface area is 155 Å². The van der Waals surface area contributed by atoms with Crippen molar-refractivity contribution in [2.45, 2.75) is 16.4 Å². The third-order valence-corrected chi connectivity index (χ3v) is 4.75. The van der Waals surface area contributed by atoms with E-state index < -0.39 is 16.4 Å². The molecule has 128 valence electrons. The van der Waals surface area contributed by atoms with Crippen molar-refractivity contribution in [2.24, 2.45) is 0 Å². The molecule has 0 amide bonds. The second kappa shape index (κ2) is 7.52. The van der Waals surface area contributed by atoms with E-state index in [0.717, 1.165) is 5.56 Å². The van der Waals surface area contributed by atoms with Gasteiger partial charge in [-0.05, 0) is 29.3 Å². The summed E-state index contributed by atoms with van der Waals surface area (Å²) in [5.41, 5.74) is 0.217. The fraction of sp³-hybridized carbons (Fsp3) is 0.150. The molecule has 0 aliphatic carbocycles. The zero-order chi connectivity index (χ0) is 17.9. The van der Waals surface area contributed by atoms with Gasteiger partial charge < -0.3 is 5.11 Å². The molecule has 1 heterocycles. The van der Waals surface area contributed by atoms with E-state index in [2.05, 4.69) is 4.98 Å². The van der Waals surface area contributed by atoms with Crippen LogP contribution in [0.1, 0.15) is 22.6 Å². The first-order valence-corrected chi connectivity index (χ1v) is 8.63. The lowest BCUT2D eigenvalue weighted by atomic mass is 9.74. The molecular formula is C20H16Cl2FNO. The van der Waals surface area contributed by atoms with Crippen LogP contribution in [-0.2, 0) is 5.60 Å². The number of hydrogen-bond acceptors (Lipinski definition) is 2. The van der Waals surface area contributed by atoms with Crippen LogP contribution in [0.4, 0.5) is 4.39 Å². The van der Waals surface area contributed by atoms with E-state index in [0.29, 0.717) is 11.1 Å². The number of alkyl halides is 2. The van der Waals surface area contributed by atoms with E-state index in [4.69, 9.17) is 23.2 Å². The van der Waals surface area contributed by atoms with Gasteiger partial charge in [0.15, 0.2) is 0 Å². The highest BCUT2D eigenvalue weighted by Crippen LogP contribution is 2.46. The molecule has 0 radical (unpaired) electrons. The van der Waals surface area contributed by atoms with Gasteiger partial charge in [0, 0.05) is 18.0 Å². The summed E-state index contributed by atoms with van der Waals surface area (Å²) in [5, 5.41) is 11.8. The minimum Gasteiger partial charge on any atom is -0.380 e. The van der Waals surface area contributed by atoms with Crippen LogP contribution in [0.25, 0.3) is 0 Å². The molecule has 2 unspecified atom stereocenters. The Kier molecular flexibility index (Phi) is 5.38. The maximum absolute atomic E-state index is 13.4. The van der Waals surface area contributed by atoms with E-state index in [-0.39, 0.29) is 5.82 Å². The Hall–Kier alpha value is -1.94. The van der Waals surface area contributed by atoms with Crippen LogP contribution in [0, 0.1) is 5.82 Å². The van der Waals surface area contributed by atoms with Crippen LogP contribution in [-0.4, -0.2) is 14.9 Å². The second-order valence-electron chi connectivity index (χ2n) is 5.74. The van der Waals surface area contributed by atoms with Crippen LogP contribution in [0.2, 0.25) is 0 Å². The summed E-state index contributed by atoms with van der Waals surface area (Å²) in [5.74, 6) is -1.06. The Balaban J connectivity index is 2.24. The Morgan fingerprint density at radius 3 is 2.12 bits per heavy atom. The van der Waals surface area contributed by atoms with Crippen molar-refractivity contribution in [2.75, 3.05) is 0 Å². The monoisotopic (exact) mass is 375 g/mol. The fourth-order valence-electron chi connectivity index (χ4n) is 3.05. The van der Waals surface area contributed by atoms with E-state index in [1.165, 1.54) is 24.3 Å². The maximum atomic E-state index is 13.4. The third kappa shape index (κ3) is 3.54. The van der Waals surface area contributed by atoms with Gasteiger partial charge in [-0.15, -0.1) is 23.2 Å². The van der Waals surface area contributed by atoms with Crippen molar-refractivity contribution in [1.29, 1.82) is 0 Å². The fourth-order valence-corrected chi connectivity index (χ4v) is 3.70. The Bertz CT molecular complexity index is 812. The first-order valence-electron chi connectivity index (χ1n) is 7.75. The molecule has 2 atom stereocenters. The lowest BCUT2D eigenvalue weighted by Crippen LogP contribution is -2.38. The predicted octanol–water partition coefficient (Wildman–Crippen LogP) is 5.04. The van der Waals surface area contributed by atoms with Gasteiger partial charge in [-0.3, -0.25) is 4.98 Å². The summed E-state index contributed by atoms with van der Waals surface area (Å²) in [6, 6.07) is 18.4. The van der Waals surface area contributed by atoms with Crippen molar-refractivity contribution in [3.63, 3.8) is 0 Å². The van der Waals surface area contributed by atoms with Gasteiger partial charge >= 0.3 is 0 Å². The molecule has 1 aromatic heterocycles. The van der Waals surface area contributed by atoms with Crippen LogP contribution in [0.5, 0.6) is 0 Å². The number of pyridine rings is 1. The molecule has 0 bridgehead atoms. The van der Waals surface area contributed by atoms with Crippen molar-refractivity contribution in [1.82, 2.24) is 4.98 Å². The van der Waals surface area contributed by atoms with Gasteiger partial charge in [0.25, 0.3) is 0 Å². The molecule has 25 heavy (non-hydrogen) atoms. The Morgan fingerprint density at radius 2 is 1.56 bits per heavy atom. The zero-order valence-electron chi connectivity index (χ0n) is 13.2. The normalized spacial score (nSPS) is 14.9. The number of rotatable bonds is 5. The topological polar surface area (TPSA) is 33.1 Å². The molecule has 0 aliphatic heterocycles.